The molecule has 0 aromatic heterocycles. The zero-order chi connectivity index (χ0) is 28.9. The van der Waals surface area contributed by atoms with Crippen molar-refractivity contribution in [3.05, 3.63) is 23.8 Å². The Kier molecular flexibility index (Phi) is 13.0. The maximum atomic E-state index is 12.4. The molecule has 0 aliphatic carbocycles. The molecule has 0 bridgehead atoms. The van der Waals surface area contributed by atoms with Crippen molar-refractivity contribution in [2.75, 3.05) is 33.5 Å². The summed E-state index contributed by atoms with van der Waals surface area (Å²) in [4.78, 5) is 48.2. The second-order valence-corrected chi connectivity index (χ2v) is 11.0. The van der Waals surface area contributed by atoms with Gasteiger partial charge >= 0.3 is 24.2 Å². The summed E-state index contributed by atoms with van der Waals surface area (Å²) in [6.45, 7) is 13.6. The molecule has 0 heterocycles. The lowest BCUT2D eigenvalue weighted by atomic mass is 9.99. The molecule has 0 radical (unpaired) electrons. The van der Waals surface area contributed by atoms with Gasteiger partial charge in [0.2, 0.25) is 0 Å². The first kappa shape index (κ1) is 32.7. The minimum atomic E-state index is -0.981. The van der Waals surface area contributed by atoms with E-state index in [9.17, 15) is 19.2 Å². The summed E-state index contributed by atoms with van der Waals surface area (Å²) in [7, 11) is 1.26. The van der Waals surface area contributed by atoms with Crippen LogP contribution in [-0.2, 0) is 35.0 Å². The van der Waals surface area contributed by atoms with Gasteiger partial charge in [-0.1, -0.05) is 54.5 Å². The van der Waals surface area contributed by atoms with Gasteiger partial charge in [-0.2, -0.15) is 0 Å². The summed E-state index contributed by atoms with van der Waals surface area (Å²) in [6.07, 6.45) is -1.56. The molecule has 1 rings (SSSR count). The second kappa shape index (κ2) is 15.2. The molecule has 0 saturated carbocycles. The Morgan fingerprint density at radius 3 is 1.89 bits per heavy atom. The van der Waals surface area contributed by atoms with E-state index in [0.29, 0.717) is 5.56 Å². The molecular weight excluding hydrogens is 498 g/mol. The third-order valence-electron chi connectivity index (χ3n) is 4.61. The van der Waals surface area contributed by atoms with E-state index < -0.39 is 24.3 Å². The molecule has 1 aromatic rings. The first-order valence-corrected chi connectivity index (χ1v) is 12.4. The van der Waals surface area contributed by atoms with Gasteiger partial charge in [0, 0.05) is 13.0 Å². The third kappa shape index (κ3) is 13.8. The zero-order valence-electron chi connectivity index (χ0n) is 23.6. The lowest BCUT2D eigenvalue weighted by molar-refractivity contribution is -0.143. The van der Waals surface area contributed by atoms with Crippen LogP contribution < -0.4 is 14.8 Å². The van der Waals surface area contributed by atoms with Crippen LogP contribution >= 0.6 is 0 Å². The summed E-state index contributed by atoms with van der Waals surface area (Å²) in [6, 6.07) is 3.70. The lowest BCUT2D eigenvalue weighted by Crippen LogP contribution is -2.41. The van der Waals surface area contributed by atoms with Crippen molar-refractivity contribution in [2.45, 2.75) is 67.3 Å². The highest BCUT2D eigenvalue weighted by atomic mass is 16.7. The Balaban J connectivity index is 3.07. The van der Waals surface area contributed by atoms with E-state index in [0.717, 1.165) is 0 Å². The van der Waals surface area contributed by atoms with Crippen molar-refractivity contribution in [1.29, 1.82) is 0 Å². The zero-order valence-corrected chi connectivity index (χ0v) is 23.6. The smallest absolute Gasteiger partial charge is 0.468 e. The van der Waals surface area contributed by atoms with Gasteiger partial charge < -0.3 is 33.7 Å². The third-order valence-corrected chi connectivity index (χ3v) is 4.61. The van der Waals surface area contributed by atoms with Crippen molar-refractivity contribution in [3.8, 4) is 11.5 Å². The number of carbonyl (C=O) groups excluding carboxylic acids is 4. The van der Waals surface area contributed by atoms with Gasteiger partial charge in [-0.25, -0.2) is 9.59 Å². The number of carbonyl (C=O) groups is 4. The second-order valence-electron chi connectivity index (χ2n) is 11.0. The molecule has 0 amide bonds. The van der Waals surface area contributed by atoms with Crippen LogP contribution in [0.15, 0.2) is 18.2 Å². The molecule has 0 fully saturated rings. The van der Waals surface area contributed by atoms with E-state index in [4.69, 9.17) is 28.4 Å². The molecule has 0 saturated heterocycles. The Morgan fingerprint density at radius 2 is 1.39 bits per heavy atom. The minimum Gasteiger partial charge on any atom is -0.468 e. The van der Waals surface area contributed by atoms with Crippen LogP contribution in [0.1, 0.15) is 60.5 Å². The number of methoxy groups -OCH3 is 1. The number of ether oxygens (including phenoxy) is 6. The van der Waals surface area contributed by atoms with E-state index in [1.807, 2.05) is 41.5 Å². The molecule has 0 aliphatic rings. The quantitative estimate of drug-likeness (QED) is 0.175. The Bertz CT molecular complexity index is 946. The van der Waals surface area contributed by atoms with E-state index >= 15 is 0 Å². The molecule has 0 aliphatic heterocycles. The highest BCUT2D eigenvalue weighted by Crippen LogP contribution is 2.30. The predicted molar refractivity (Wildman–Crippen MR) is 138 cm³/mol. The van der Waals surface area contributed by atoms with Gasteiger partial charge in [-0.05, 0) is 34.9 Å². The highest BCUT2D eigenvalue weighted by molar-refractivity contribution is 5.76. The van der Waals surface area contributed by atoms with Crippen LogP contribution in [0.25, 0.3) is 0 Å². The maximum absolute atomic E-state index is 12.4. The van der Waals surface area contributed by atoms with Gasteiger partial charge in [0.1, 0.15) is 12.6 Å². The van der Waals surface area contributed by atoms with E-state index in [-0.39, 0.29) is 67.5 Å². The monoisotopic (exact) mass is 539 g/mol. The van der Waals surface area contributed by atoms with Crippen molar-refractivity contribution in [3.63, 3.8) is 0 Å². The Labute approximate surface area is 224 Å². The number of nitrogens with one attached hydrogen (secondary N) is 1. The number of esters is 2. The molecule has 1 N–H and O–H groups in total. The SMILES string of the molecule is CCC(=O)OCCN[C@@H](Cc1ccc(OC(=O)OCC(C)(C)C)c(OC(=O)OCC(C)(C)C)c1)C(=O)OC. The van der Waals surface area contributed by atoms with Crippen LogP contribution in [0.3, 0.4) is 0 Å². The van der Waals surface area contributed by atoms with Crippen LogP contribution in [0.2, 0.25) is 0 Å². The Hall–Kier alpha value is -3.34. The number of rotatable bonds is 12. The molecule has 0 spiro atoms. The standard InChI is InChI=1S/C27H41NO10/c1-9-22(29)34-13-12-28-19(23(30)33-8)14-18-10-11-20(37-24(31)35-16-26(2,3)4)21(15-18)38-25(32)36-17-27(5,6)7/h10-11,15,19,28H,9,12-14,16-17H2,1-8H3/t19-/m0/s1. The predicted octanol–water partition coefficient (Wildman–Crippen LogP) is 4.44. The summed E-state index contributed by atoms with van der Waals surface area (Å²) in [5.74, 6) is -1.04. The van der Waals surface area contributed by atoms with Gasteiger partial charge in [0.25, 0.3) is 0 Å². The summed E-state index contributed by atoms with van der Waals surface area (Å²) in [5.41, 5.74) is -0.00145. The molecule has 38 heavy (non-hydrogen) atoms. The van der Waals surface area contributed by atoms with Crippen molar-refractivity contribution in [1.82, 2.24) is 5.32 Å². The van der Waals surface area contributed by atoms with Crippen molar-refractivity contribution in [2.24, 2.45) is 10.8 Å². The molecule has 1 atom stereocenters. The van der Waals surface area contributed by atoms with Crippen LogP contribution in [0.5, 0.6) is 11.5 Å². The summed E-state index contributed by atoms with van der Waals surface area (Å²) < 4.78 is 30.8. The van der Waals surface area contributed by atoms with Crippen LogP contribution in [0, 0.1) is 10.8 Å². The topological polar surface area (TPSA) is 136 Å². The van der Waals surface area contributed by atoms with E-state index in [1.54, 1.807) is 13.0 Å². The fourth-order valence-electron chi connectivity index (χ4n) is 2.75. The summed E-state index contributed by atoms with van der Waals surface area (Å²) in [5, 5.41) is 2.98. The number of benzene rings is 1. The number of hydrogen-bond donors (Lipinski definition) is 1. The molecule has 0 unspecified atom stereocenters. The largest absolute Gasteiger partial charge is 0.513 e. The minimum absolute atomic E-state index is 0.0607. The first-order valence-electron chi connectivity index (χ1n) is 12.4. The molecular formula is C27H41NO10. The summed E-state index contributed by atoms with van der Waals surface area (Å²) >= 11 is 0. The molecule has 214 valence electrons. The normalized spacial score (nSPS) is 12.2. The fraction of sp³-hybridized carbons (Fsp3) is 0.630. The number of hydrogen-bond acceptors (Lipinski definition) is 11. The van der Waals surface area contributed by atoms with E-state index in [2.05, 4.69) is 5.32 Å². The van der Waals surface area contributed by atoms with Gasteiger partial charge in [-0.15, -0.1) is 0 Å². The fourth-order valence-corrected chi connectivity index (χ4v) is 2.75. The first-order chi connectivity index (χ1) is 17.6. The highest BCUT2D eigenvalue weighted by Gasteiger charge is 2.23. The van der Waals surface area contributed by atoms with Gasteiger partial charge in [-0.3, -0.25) is 9.59 Å². The van der Waals surface area contributed by atoms with Gasteiger partial charge in [0.15, 0.2) is 11.5 Å². The Morgan fingerprint density at radius 1 is 0.842 bits per heavy atom. The average Bonchev–Trinajstić information content (AvgIpc) is 2.83. The van der Waals surface area contributed by atoms with Crippen molar-refractivity contribution < 1.29 is 47.6 Å². The molecule has 11 heteroatoms. The van der Waals surface area contributed by atoms with Crippen LogP contribution in [0.4, 0.5) is 9.59 Å². The molecule has 1 aromatic carbocycles. The lowest BCUT2D eigenvalue weighted by Gasteiger charge is -2.20. The van der Waals surface area contributed by atoms with Crippen molar-refractivity contribution >= 4 is 24.2 Å². The maximum Gasteiger partial charge on any atom is 0.513 e. The van der Waals surface area contributed by atoms with E-state index in [1.165, 1.54) is 19.2 Å². The molecule has 11 nitrogen and oxygen atoms in total. The average molecular weight is 540 g/mol. The van der Waals surface area contributed by atoms with Gasteiger partial charge in [0.05, 0.1) is 20.3 Å². The van der Waals surface area contributed by atoms with Crippen LogP contribution in [-0.4, -0.2) is 63.8 Å².